The number of hydrogen-bond acceptors (Lipinski definition) is 9. The van der Waals surface area contributed by atoms with Crippen molar-refractivity contribution in [1.29, 1.82) is 0 Å². The quantitative estimate of drug-likeness (QED) is 0.476. The van der Waals surface area contributed by atoms with Crippen LogP contribution in [-0.2, 0) is 35.1 Å². The summed E-state index contributed by atoms with van der Waals surface area (Å²) in [5.74, 6) is -0.757. The summed E-state index contributed by atoms with van der Waals surface area (Å²) in [6.45, 7) is 6.90. The standard InChI is InChI=1S/C20H27NO8S/c1-5-25-20(30)21-10-14-6-8-15(9-7-14)29-19-16(24)18(28-13(4)23)17(11(2)26-19)27-12(3)22/h6-9,11,16-19,24H,5,10H2,1-4H3,(H,21,30)/t11-,16+,17-,18-,19-/m0/s1. The van der Waals surface area contributed by atoms with Gasteiger partial charge in [0.1, 0.15) is 5.75 Å². The van der Waals surface area contributed by atoms with Gasteiger partial charge in [-0.15, -0.1) is 0 Å². The van der Waals surface area contributed by atoms with Crippen LogP contribution in [0.15, 0.2) is 24.3 Å². The van der Waals surface area contributed by atoms with E-state index in [1.807, 2.05) is 19.1 Å². The monoisotopic (exact) mass is 441 g/mol. The van der Waals surface area contributed by atoms with Crippen molar-refractivity contribution in [3.05, 3.63) is 29.8 Å². The molecule has 0 aromatic heterocycles. The third-order valence-electron chi connectivity index (χ3n) is 4.24. The molecule has 5 atom stereocenters. The maximum absolute atomic E-state index is 11.5. The Hall–Kier alpha value is -2.43. The van der Waals surface area contributed by atoms with Crippen molar-refractivity contribution in [2.45, 2.75) is 64.9 Å². The number of aliphatic hydroxyl groups excluding tert-OH is 1. The van der Waals surface area contributed by atoms with Crippen LogP contribution in [0, 0.1) is 0 Å². The van der Waals surface area contributed by atoms with Gasteiger partial charge in [-0.2, -0.15) is 0 Å². The number of nitrogens with one attached hydrogen (secondary N) is 1. The fourth-order valence-electron chi connectivity index (χ4n) is 2.94. The van der Waals surface area contributed by atoms with Gasteiger partial charge in [0.2, 0.25) is 6.29 Å². The number of thiocarbonyl (C=S) groups is 1. The molecule has 1 aromatic rings. The predicted octanol–water partition coefficient (Wildman–Crippen LogP) is 1.45. The molecule has 1 aromatic carbocycles. The number of aliphatic hydroxyl groups is 1. The normalized spacial score (nSPS) is 25.7. The van der Waals surface area contributed by atoms with Crippen LogP contribution in [-0.4, -0.2) is 59.5 Å². The van der Waals surface area contributed by atoms with E-state index in [-0.39, 0.29) is 0 Å². The molecule has 0 spiro atoms. The lowest BCUT2D eigenvalue weighted by Gasteiger charge is -2.41. The number of carbonyl (C=O) groups is 2. The topological polar surface area (TPSA) is 113 Å². The zero-order valence-electron chi connectivity index (χ0n) is 17.3. The second-order valence-corrected chi connectivity index (χ2v) is 7.05. The summed E-state index contributed by atoms with van der Waals surface area (Å²) < 4.78 is 27.0. The molecule has 30 heavy (non-hydrogen) atoms. The Morgan fingerprint density at radius 2 is 1.73 bits per heavy atom. The number of esters is 2. The van der Waals surface area contributed by atoms with Crippen molar-refractivity contribution >= 4 is 29.3 Å². The van der Waals surface area contributed by atoms with Crippen molar-refractivity contribution in [3.63, 3.8) is 0 Å². The highest BCUT2D eigenvalue weighted by Crippen LogP contribution is 2.28. The molecule has 9 nitrogen and oxygen atoms in total. The van der Waals surface area contributed by atoms with Crippen LogP contribution in [0.4, 0.5) is 0 Å². The maximum atomic E-state index is 11.5. The summed E-state index contributed by atoms with van der Waals surface area (Å²) in [4.78, 5) is 22.8. The molecule has 0 amide bonds. The lowest BCUT2D eigenvalue weighted by atomic mass is 9.99. The SMILES string of the molecule is CCOC(=S)NCc1ccc(O[C@@H]2O[C@@H](C)[C@H](OC(C)=O)[C@@H](OC(C)=O)[C@H]2O)cc1. The minimum absolute atomic E-state index is 0.324. The lowest BCUT2D eigenvalue weighted by Crippen LogP contribution is -2.60. The molecule has 1 aliphatic rings. The molecule has 1 saturated heterocycles. The van der Waals surface area contributed by atoms with Gasteiger partial charge in [0, 0.05) is 20.4 Å². The van der Waals surface area contributed by atoms with Crippen LogP contribution in [0.25, 0.3) is 0 Å². The molecular formula is C20H27NO8S. The molecule has 0 bridgehead atoms. The Balaban J connectivity index is 2.04. The Morgan fingerprint density at radius 3 is 2.30 bits per heavy atom. The van der Waals surface area contributed by atoms with Crippen LogP contribution >= 0.6 is 12.2 Å². The Bertz CT molecular complexity index is 741. The van der Waals surface area contributed by atoms with Crippen LogP contribution in [0.5, 0.6) is 5.75 Å². The summed E-state index contributed by atoms with van der Waals surface area (Å²) in [5.41, 5.74) is 0.940. The first-order valence-corrected chi connectivity index (χ1v) is 9.96. The molecule has 2 N–H and O–H groups in total. The molecule has 0 saturated carbocycles. The molecule has 1 fully saturated rings. The summed E-state index contributed by atoms with van der Waals surface area (Å²) in [6, 6.07) is 7.06. The number of ether oxygens (including phenoxy) is 5. The van der Waals surface area contributed by atoms with Gasteiger partial charge < -0.3 is 34.1 Å². The van der Waals surface area contributed by atoms with E-state index < -0.39 is 42.6 Å². The van der Waals surface area contributed by atoms with E-state index >= 15 is 0 Å². The maximum Gasteiger partial charge on any atom is 0.303 e. The number of benzene rings is 1. The summed E-state index contributed by atoms with van der Waals surface area (Å²) in [7, 11) is 0. The van der Waals surface area contributed by atoms with E-state index in [2.05, 4.69) is 5.32 Å². The zero-order chi connectivity index (χ0) is 22.3. The fraction of sp³-hybridized carbons (Fsp3) is 0.550. The minimum atomic E-state index is -1.36. The highest BCUT2D eigenvalue weighted by atomic mass is 32.1. The molecule has 0 unspecified atom stereocenters. The van der Waals surface area contributed by atoms with Crippen molar-refractivity contribution in [2.24, 2.45) is 0 Å². The first-order chi connectivity index (χ1) is 14.2. The average Bonchev–Trinajstić information content (AvgIpc) is 2.67. The minimum Gasteiger partial charge on any atom is -0.471 e. The number of rotatable bonds is 7. The average molecular weight is 442 g/mol. The van der Waals surface area contributed by atoms with Crippen molar-refractivity contribution in [2.75, 3.05) is 6.61 Å². The Kier molecular flexibility index (Phi) is 8.82. The van der Waals surface area contributed by atoms with Gasteiger partial charge in [0.15, 0.2) is 18.3 Å². The van der Waals surface area contributed by atoms with E-state index in [1.165, 1.54) is 13.8 Å². The first-order valence-electron chi connectivity index (χ1n) is 9.55. The van der Waals surface area contributed by atoms with Crippen molar-refractivity contribution in [3.8, 4) is 5.75 Å². The van der Waals surface area contributed by atoms with E-state index in [4.69, 9.17) is 35.9 Å². The van der Waals surface area contributed by atoms with Gasteiger partial charge >= 0.3 is 11.9 Å². The molecule has 166 valence electrons. The van der Waals surface area contributed by atoms with E-state index in [1.54, 1.807) is 19.1 Å². The third-order valence-corrected chi connectivity index (χ3v) is 4.50. The van der Waals surface area contributed by atoms with Crippen LogP contribution in [0.1, 0.15) is 33.3 Å². The molecule has 0 radical (unpaired) electrons. The zero-order valence-corrected chi connectivity index (χ0v) is 18.1. The van der Waals surface area contributed by atoms with Crippen molar-refractivity contribution in [1.82, 2.24) is 5.32 Å². The molecular weight excluding hydrogens is 414 g/mol. The van der Waals surface area contributed by atoms with Gasteiger partial charge in [-0.05, 0) is 43.8 Å². The summed E-state index contributed by atoms with van der Waals surface area (Å²) in [6.07, 6.45) is -5.23. The molecule has 1 heterocycles. The lowest BCUT2D eigenvalue weighted by molar-refractivity contribution is -0.276. The molecule has 10 heteroatoms. The second kappa shape index (κ2) is 11.1. The van der Waals surface area contributed by atoms with Crippen LogP contribution < -0.4 is 10.1 Å². The van der Waals surface area contributed by atoms with Gasteiger partial charge in [-0.1, -0.05) is 12.1 Å². The summed E-state index contributed by atoms with van der Waals surface area (Å²) >= 11 is 5.02. The highest BCUT2D eigenvalue weighted by molar-refractivity contribution is 7.80. The third kappa shape index (κ3) is 6.82. The van der Waals surface area contributed by atoms with Crippen LogP contribution in [0.3, 0.4) is 0 Å². The highest BCUT2D eigenvalue weighted by Gasteiger charge is 2.48. The Labute approximate surface area is 180 Å². The Morgan fingerprint density at radius 1 is 1.13 bits per heavy atom. The smallest absolute Gasteiger partial charge is 0.303 e. The fourth-order valence-corrected chi connectivity index (χ4v) is 3.13. The molecule has 1 aliphatic heterocycles. The number of hydrogen-bond donors (Lipinski definition) is 2. The van der Waals surface area contributed by atoms with Gasteiger partial charge in [0.25, 0.3) is 5.17 Å². The molecule has 2 rings (SSSR count). The van der Waals surface area contributed by atoms with Gasteiger partial charge in [0.05, 0.1) is 12.7 Å². The van der Waals surface area contributed by atoms with Crippen molar-refractivity contribution < 1.29 is 38.4 Å². The second-order valence-electron chi connectivity index (χ2n) is 6.68. The van der Waals surface area contributed by atoms with Crippen LogP contribution in [0.2, 0.25) is 0 Å². The predicted molar refractivity (Wildman–Crippen MR) is 110 cm³/mol. The van der Waals surface area contributed by atoms with E-state index in [0.717, 1.165) is 5.56 Å². The van der Waals surface area contributed by atoms with Gasteiger partial charge in [-0.25, -0.2) is 0 Å². The van der Waals surface area contributed by atoms with E-state index in [0.29, 0.717) is 24.1 Å². The van der Waals surface area contributed by atoms with E-state index in [9.17, 15) is 14.7 Å². The largest absolute Gasteiger partial charge is 0.471 e. The number of carbonyl (C=O) groups excluding carboxylic acids is 2. The summed E-state index contributed by atoms with van der Waals surface area (Å²) in [5, 5.41) is 13.9. The van der Waals surface area contributed by atoms with Gasteiger partial charge in [-0.3, -0.25) is 9.59 Å². The first kappa shape index (κ1) is 23.8. The molecule has 0 aliphatic carbocycles.